The Morgan fingerprint density at radius 1 is 1.00 bits per heavy atom. The van der Waals surface area contributed by atoms with Crippen molar-refractivity contribution in [1.29, 1.82) is 0 Å². The summed E-state index contributed by atoms with van der Waals surface area (Å²) in [6.07, 6.45) is 4.18. The number of carbonyl (C=O) groups excluding carboxylic acids is 2. The molecule has 2 fully saturated rings. The standard InChI is InChI=1S/C28H32N2O6S/c1-13(2)21-16-9-10-17(21)23(28(33)34)22(16)25(31)30-27-24(15-6-5-7-20(15)37-27)26(32)29-18-12-14(35-3)8-11-19(18)36-4/h8,11-12,16-17,22-23H,5-7,9-10H2,1-4H3,(H,29,32)(H,30,31)(H,33,34)/t16-,17+,22-,23+/m1/s1. The minimum atomic E-state index is -0.928. The number of carboxylic acid groups (broad SMARTS) is 1. The fourth-order valence-corrected chi connectivity index (χ4v) is 7.92. The molecule has 37 heavy (non-hydrogen) atoms. The van der Waals surface area contributed by atoms with Gasteiger partial charge in [0, 0.05) is 10.9 Å². The Kier molecular flexibility index (Phi) is 6.74. The van der Waals surface area contributed by atoms with Crippen molar-refractivity contribution in [2.45, 2.75) is 46.0 Å². The average molecular weight is 525 g/mol. The minimum absolute atomic E-state index is 0.0683. The van der Waals surface area contributed by atoms with Gasteiger partial charge in [-0.1, -0.05) is 11.1 Å². The van der Waals surface area contributed by atoms with Gasteiger partial charge in [-0.3, -0.25) is 14.4 Å². The summed E-state index contributed by atoms with van der Waals surface area (Å²) < 4.78 is 10.7. The zero-order valence-electron chi connectivity index (χ0n) is 21.5. The first-order valence-electron chi connectivity index (χ1n) is 12.6. The van der Waals surface area contributed by atoms with Crippen LogP contribution in [0.15, 0.2) is 29.3 Å². The van der Waals surface area contributed by atoms with Gasteiger partial charge in [0.15, 0.2) is 0 Å². The number of hydrogen-bond acceptors (Lipinski definition) is 6. The molecule has 0 saturated heterocycles. The molecule has 5 rings (SSSR count). The second-order valence-corrected chi connectivity index (χ2v) is 11.3. The second-order valence-electron chi connectivity index (χ2n) is 10.2. The quantitative estimate of drug-likeness (QED) is 0.432. The summed E-state index contributed by atoms with van der Waals surface area (Å²) in [7, 11) is 3.08. The van der Waals surface area contributed by atoms with Crippen molar-refractivity contribution in [3.05, 3.63) is 45.3 Å². The molecule has 1 aromatic carbocycles. The number of aryl methyl sites for hydroxylation is 1. The number of anilines is 2. The smallest absolute Gasteiger partial charge is 0.307 e. The number of carboxylic acids is 1. The third-order valence-corrected chi connectivity index (χ3v) is 9.25. The molecular formula is C28H32N2O6S. The Balaban J connectivity index is 1.46. The summed E-state index contributed by atoms with van der Waals surface area (Å²) in [5.74, 6) is -2.07. The number of carbonyl (C=O) groups is 3. The number of aliphatic carboxylic acids is 1. The fourth-order valence-electron chi connectivity index (χ4n) is 6.63. The Bertz CT molecular complexity index is 1310. The molecule has 0 unspecified atom stereocenters. The van der Waals surface area contributed by atoms with Crippen molar-refractivity contribution in [3.63, 3.8) is 0 Å². The molecule has 3 aliphatic carbocycles. The van der Waals surface area contributed by atoms with Crippen LogP contribution in [0.25, 0.3) is 0 Å². The maximum absolute atomic E-state index is 13.7. The van der Waals surface area contributed by atoms with E-state index in [1.807, 2.05) is 13.8 Å². The van der Waals surface area contributed by atoms with E-state index in [9.17, 15) is 19.5 Å². The van der Waals surface area contributed by atoms with Gasteiger partial charge in [-0.05, 0) is 75.5 Å². The average Bonchev–Trinajstić information content (AvgIpc) is 3.62. The number of nitrogens with one attached hydrogen (secondary N) is 2. The highest BCUT2D eigenvalue weighted by molar-refractivity contribution is 7.17. The van der Waals surface area contributed by atoms with Crippen LogP contribution in [0.5, 0.6) is 11.5 Å². The summed E-state index contributed by atoms with van der Waals surface area (Å²) in [6.45, 7) is 4.00. The lowest BCUT2D eigenvalue weighted by Gasteiger charge is -2.26. The van der Waals surface area contributed by atoms with E-state index < -0.39 is 17.8 Å². The first kappa shape index (κ1) is 25.3. The molecule has 1 heterocycles. The molecule has 3 N–H and O–H groups in total. The Hall–Kier alpha value is -3.33. The van der Waals surface area contributed by atoms with Crippen LogP contribution >= 0.6 is 11.3 Å². The Morgan fingerprint density at radius 2 is 1.73 bits per heavy atom. The molecule has 196 valence electrons. The van der Waals surface area contributed by atoms with Crippen LogP contribution in [0.4, 0.5) is 10.7 Å². The highest BCUT2D eigenvalue weighted by atomic mass is 32.1. The van der Waals surface area contributed by atoms with Gasteiger partial charge < -0.3 is 25.2 Å². The van der Waals surface area contributed by atoms with Crippen LogP contribution in [0.2, 0.25) is 0 Å². The summed E-state index contributed by atoms with van der Waals surface area (Å²) in [4.78, 5) is 40.6. The lowest BCUT2D eigenvalue weighted by Crippen LogP contribution is -2.38. The Labute approximate surface area is 220 Å². The molecule has 4 atom stereocenters. The number of rotatable bonds is 7. The summed E-state index contributed by atoms with van der Waals surface area (Å²) in [5, 5.41) is 16.5. The molecule has 2 saturated carbocycles. The minimum Gasteiger partial charge on any atom is -0.497 e. The van der Waals surface area contributed by atoms with Gasteiger partial charge >= 0.3 is 5.97 Å². The monoisotopic (exact) mass is 524 g/mol. The van der Waals surface area contributed by atoms with Crippen LogP contribution in [0.1, 0.15) is 53.9 Å². The predicted molar refractivity (Wildman–Crippen MR) is 142 cm³/mol. The molecule has 2 amide bonds. The summed E-state index contributed by atoms with van der Waals surface area (Å²) in [5.41, 5.74) is 4.11. The van der Waals surface area contributed by atoms with Gasteiger partial charge in [0.2, 0.25) is 5.91 Å². The molecule has 0 radical (unpaired) electrons. The van der Waals surface area contributed by atoms with E-state index in [4.69, 9.17) is 9.47 Å². The maximum atomic E-state index is 13.7. The number of ether oxygens (including phenoxy) is 2. The SMILES string of the molecule is COc1ccc(OC)c(NC(=O)c2c(NC(=O)[C@H]3[C@@H](C(=O)O)[C@H]4CC[C@@H]3C4=C(C)C)sc3c2CCC3)c1. The summed E-state index contributed by atoms with van der Waals surface area (Å²) >= 11 is 1.42. The number of fused-ring (bicyclic) bond motifs is 3. The van der Waals surface area contributed by atoms with Crippen molar-refractivity contribution >= 4 is 39.8 Å². The van der Waals surface area contributed by atoms with Crippen molar-refractivity contribution in [1.82, 2.24) is 0 Å². The summed E-state index contributed by atoms with van der Waals surface area (Å²) in [6, 6.07) is 5.16. The number of allylic oxidation sites excluding steroid dienone is 2. The molecule has 0 aliphatic heterocycles. The lowest BCUT2D eigenvalue weighted by molar-refractivity contribution is -0.148. The molecular weight excluding hydrogens is 492 g/mol. The highest BCUT2D eigenvalue weighted by Gasteiger charge is 2.57. The fraction of sp³-hybridized carbons (Fsp3) is 0.464. The number of methoxy groups -OCH3 is 2. The molecule has 9 heteroatoms. The van der Waals surface area contributed by atoms with E-state index in [-0.39, 0.29) is 23.7 Å². The zero-order valence-corrected chi connectivity index (χ0v) is 22.3. The van der Waals surface area contributed by atoms with Gasteiger partial charge in [0.05, 0.1) is 37.3 Å². The maximum Gasteiger partial charge on any atom is 0.307 e. The zero-order chi connectivity index (χ0) is 26.4. The van der Waals surface area contributed by atoms with E-state index in [0.717, 1.165) is 53.7 Å². The molecule has 2 aromatic rings. The first-order valence-corrected chi connectivity index (χ1v) is 13.5. The van der Waals surface area contributed by atoms with Gasteiger partial charge in [-0.2, -0.15) is 0 Å². The van der Waals surface area contributed by atoms with Crippen LogP contribution in [0.3, 0.4) is 0 Å². The van der Waals surface area contributed by atoms with Gasteiger partial charge in [0.25, 0.3) is 5.91 Å². The molecule has 3 aliphatic rings. The van der Waals surface area contributed by atoms with Crippen LogP contribution in [-0.2, 0) is 22.4 Å². The largest absolute Gasteiger partial charge is 0.497 e. The van der Waals surface area contributed by atoms with Gasteiger partial charge in [0.1, 0.15) is 16.5 Å². The van der Waals surface area contributed by atoms with Crippen LogP contribution in [0, 0.1) is 23.7 Å². The van der Waals surface area contributed by atoms with E-state index in [2.05, 4.69) is 10.6 Å². The van der Waals surface area contributed by atoms with Crippen LogP contribution in [-0.4, -0.2) is 37.1 Å². The van der Waals surface area contributed by atoms with E-state index in [1.54, 1.807) is 25.3 Å². The topological polar surface area (TPSA) is 114 Å². The van der Waals surface area contributed by atoms with Gasteiger partial charge in [-0.15, -0.1) is 11.3 Å². The third kappa shape index (κ3) is 4.29. The number of thiophene rings is 1. The number of benzene rings is 1. The first-order chi connectivity index (χ1) is 17.7. The third-order valence-electron chi connectivity index (χ3n) is 8.05. The van der Waals surface area contributed by atoms with Crippen molar-refractivity contribution in [2.24, 2.45) is 23.7 Å². The van der Waals surface area contributed by atoms with E-state index >= 15 is 0 Å². The lowest BCUT2D eigenvalue weighted by atomic mass is 9.79. The molecule has 2 bridgehead atoms. The molecule has 8 nitrogen and oxygen atoms in total. The number of amides is 2. The van der Waals surface area contributed by atoms with Crippen molar-refractivity contribution < 1.29 is 29.0 Å². The predicted octanol–water partition coefficient (Wildman–Crippen LogP) is 5.14. The highest BCUT2D eigenvalue weighted by Crippen LogP contribution is 2.57. The Morgan fingerprint density at radius 3 is 2.38 bits per heavy atom. The number of hydrogen-bond donors (Lipinski definition) is 3. The second kappa shape index (κ2) is 9.85. The normalized spacial score (nSPS) is 23.5. The van der Waals surface area contributed by atoms with Crippen molar-refractivity contribution in [3.8, 4) is 11.5 Å². The van der Waals surface area contributed by atoms with E-state index in [1.165, 1.54) is 18.4 Å². The van der Waals surface area contributed by atoms with Crippen molar-refractivity contribution in [2.75, 3.05) is 24.9 Å². The van der Waals surface area contributed by atoms with E-state index in [0.29, 0.717) is 27.8 Å². The van der Waals surface area contributed by atoms with Gasteiger partial charge in [-0.25, -0.2) is 0 Å². The molecule has 1 aromatic heterocycles. The van der Waals surface area contributed by atoms with Crippen LogP contribution < -0.4 is 20.1 Å². The molecule has 0 spiro atoms.